The predicted molar refractivity (Wildman–Crippen MR) is 69.3 cm³/mol. The van der Waals surface area contributed by atoms with Gasteiger partial charge in [0, 0.05) is 19.2 Å². The van der Waals surface area contributed by atoms with E-state index in [0.717, 1.165) is 43.4 Å². The Hall–Kier alpha value is -1.42. The summed E-state index contributed by atoms with van der Waals surface area (Å²) in [6.45, 7) is 3.74. The topological polar surface area (TPSA) is 24.9 Å². The Balaban J connectivity index is 2.16. The number of hydrogen-bond donors (Lipinski definition) is 0. The van der Waals surface area contributed by atoms with Crippen molar-refractivity contribution in [2.24, 2.45) is 0 Å². The summed E-state index contributed by atoms with van der Waals surface area (Å²) >= 11 is 0. The van der Waals surface area contributed by atoms with Crippen LogP contribution in [-0.2, 0) is 0 Å². The van der Waals surface area contributed by atoms with E-state index in [1.807, 2.05) is 18.2 Å². The molecule has 0 atom stereocenters. The number of ether oxygens (including phenoxy) is 2. The molecule has 17 heavy (non-hydrogen) atoms. The van der Waals surface area contributed by atoms with Crippen LogP contribution >= 0.6 is 0 Å². The molecule has 1 aromatic carbocycles. The zero-order valence-corrected chi connectivity index (χ0v) is 10.8. The van der Waals surface area contributed by atoms with Crippen LogP contribution in [0, 0.1) is 0 Å². The first-order valence-electron chi connectivity index (χ1n) is 5.91. The lowest BCUT2D eigenvalue weighted by molar-refractivity contribution is 0.301. The lowest BCUT2D eigenvalue weighted by Crippen LogP contribution is -2.37. The summed E-state index contributed by atoms with van der Waals surface area (Å²) in [5.41, 5.74) is 1.14. The van der Waals surface area contributed by atoms with E-state index in [-0.39, 0.29) is 0 Å². The molecule has 0 N–H and O–H groups in total. The fourth-order valence-corrected chi connectivity index (χ4v) is 1.93. The van der Waals surface area contributed by atoms with E-state index in [2.05, 4.69) is 23.9 Å². The summed E-state index contributed by atoms with van der Waals surface area (Å²) < 4.78 is 10.9. The SMILES string of the molecule is COc1ccc2c(c1)N(CCN(C)C)CCO2. The minimum Gasteiger partial charge on any atom is -0.497 e. The monoisotopic (exact) mass is 236 g/mol. The van der Waals surface area contributed by atoms with Gasteiger partial charge in [0.05, 0.1) is 19.3 Å². The fourth-order valence-electron chi connectivity index (χ4n) is 1.93. The van der Waals surface area contributed by atoms with E-state index in [9.17, 15) is 0 Å². The van der Waals surface area contributed by atoms with E-state index < -0.39 is 0 Å². The third kappa shape index (κ3) is 2.82. The zero-order chi connectivity index (χ0) is 12.3. The third-order valence-electron chi connectivity index (χ3n) is 2.94. The molecule has 0 saturated carbocycles. The van der Waals surface area contributed by atoms with Crippen molar-refractivity contribution in [3.63, 3.8) is 0 Å². The fraction of sp³-hybridized carbons (Fsp3) is 0.538. The molecule has 0 bridgehead atoms. The van der Waals surface area contributed by atoms with Gasteiger partial charge >= 0.3 is 0 Å². The molecule has 0 unspecified atom stereocenters. The normalized spacial score (nSPS) is 14.5. The van der Waals surface area contributed by atoms with Crippen molar-refractivity contribution in [3.8, 4) is 11.5 Å². The van der Waals surface area contributed by atoms with Crippen LogP contribution in [0.15, 0.2) is 18.2 Å². The van der Waals surface area contributed by atoms with Crippen LogP contribution in [0.4, 0.5) is 5.69 Å². The summed E-state index contributed by atoms with van der Waals surface area (Å²) in [5, 5.41) is 0. The number of likely N-dealkylation sites (N-methyl/N-ethyl adjacent to an activating group) is 1. The standard InChI is InChI=1S/C13H20N2O2/c1-14(2)6-7-15-8-9-17-13-5-4-11(16-3)10-12(13)15/h4-5,10H,6-9H2,1-3H3. The summed E-state index contributed by atoms with van der Waals surface area (Å²) in [6, 6.07) is 5.97. The highest BCUT2D eigenvalue weighted by atomic mass is 16.5. The highest BCUT2D eigenvalue weighted by molar-refractivity contribution is 5.62. The van der Waals surface area contributed by atoms with Crippen LogP contribution in [0.2, 0.25) is 0 Å². The first-order valence-corrected chi connectivity index (χ1v) is 5.91. The summed E-state index contributed by atoms with van der Waals surface area (Å²) in [6.07, 6.45) is 0. The minimum absolute atomic E-state index is 0.757. The second-order valence-electron chi connectivity index (χ2n) is 4.47. The van der Waals surface area contributed by atoms with E-state index >= 15 is 0 Å². The Morgan fingerprint density at radius 2 is 2.24 bits per heavy atom. The maximum absolute atomic E-state index is 5.65. The van der Waals surface area contributed by atoms with Crippen molar-refractivity contribution in [3.05, 3.63) is 18.2 Å². The highest BCUT2D eigenvalue weighted by Crippen LogP contribution is 2.34. The Kier molecular flexibility index (Phi) is 3.74. The number of anilines is 1. The lowest BCUT2D eigenvalue weighted by atomic mass is 10.2. The van der Waals surface area contributed by atoms with Crippen LogP contribution in [0.3, 0.4) is 0 Å². The number of methoxy groups -OCH3 is 1. The van der Waals surface area contributed by atoms with Crippen molar-refractivity contribution < 1.29 is 9.47 Å². The largest absolute Gasteiger partial charge is 0.497 e. The van der Waals surface area contributed by atoms with Gasteiger partial charge in [-0.15, -0.1) is 0 Å². The highest BCUT2D eigenvalue weighted by Gasteiger charge is 2.18. The van der Waals surface area contributed by atoms with Crippen LogP contribution in [0.5, 0.6) is 11.5 Å². The van der Waals surface area contributed by atoms with Crippen LogP contribution < -0.4 is 14.4 Å². The van der Waals surface area contributed by atoms with E-state index in [1.165, 1.54) is 0 Å². The quantitative estimate of drug-likeness (QED) is 0.790. The van der Waals surface area contributed by atoms with E-state index in [1.54, 1.807) is 7.11 Å². The van der Waals surface area contributed by atoms with Gasteiger partial charge in [-0.25, -0.2) is 0 Å². The van der Waals surface area contributed by atoms with Crippen molar-refractivity contribution in [1.82, 2.24) is 4.90 Å². The van der Waals surface area contributed by atoms with Gasteiger partial charge in [-0.1, -0.05) is 0 Å². The molecule has 4 nitrogen and oxygen atoms in total. The van der Waals surface area contributed by atoms with Gasteiger partial charge in [-0.2, -0.15) is 0 Å². The molecular formula is C13H20N2O2. The summed E-state index contributed by atoms with van der Waals surface area (Å²) in [7, 11) is 5.87. The van der Waals surface area contributed by atoms with Gasteiger partial charge in [-0.05, 0) is 26.2 Å². The molecule has 0 amide bonds. The van der Waals surface area contributed by atoms with Crippen LogP contribution in [-0.4, -0.2) is 52.3 Å². The number of nitrogens with zero attached hydrogens (tertiary/aromatic N) is 2. The molecule has 0 aliphatic carbocycles. The van der Waals surface area contributed by atoms with Gasteiger partial charge in [0.15, 0.2) is 0 Å². The molecular weight excluding hydrogens is 216 g/mol. The van der Waals surface area contributed by atoms with Gasteiger partial charge < -0.3 is 19.3 Å². The minimum atomic E-state index is 0.757. The number of hydrogen-bond acceptors (Lipinski definition) is 4. The summed E-state index contributed by atoms with van der Waals surface area (Å²) in [5.74, 6) is 1.83. The average Bonchev–Trinajstić information content (AvgIpc) is 2.35. The number of rotatable bonds is 4. The zero-order valence-electron chi connectivity index (χ0n) is 10.8. The molecule has 1 aromatic rings. The summed E-state index contributed by atoms with van der Waals surface area (Å²) in [4.78, 5) is 4.54. The van der Waals surface area contributed by atoms with Crippen molar-refractivity contribution >= 4 is 5.69 Å². The van der Waals surface area contributed by atoms with Crippen LogP contribution in [0.1, 0.15) is 0 Å². The molecule has 0 radical (unpaired) electrons. The van der Waals surface area contributed by atoms with Gasteiger partial charge in [0.1, 0.15) is 18.1 Å². The number of benzene rings is 1. The Bertz CT molecular complexity index is 380. The van der Waals surface area contributed by atoms with Gasteiger partial charge in [-0.3, -0.25) is 0 Å². The van der Waals surface area contributed by atoms with Crippen molar-refractivity contribution in [2.75, 3.05) is 52.3 Å². The number of fused-ring (bicyclic) bond motifs is 1. The van der Waals surface area contributed by atoms with Gasteiger partial charge in [0.25, 0.3) is 0 Å². The first kappa shape index (κ1) is 12.0. The molecule has 0 spiro atoms. The maximum atomic E-state index is 5.65. The molecule has 1 heterocycles. The molecule has 1 aliphatic rings. The first-order chi connectivity index (χ1) is 8.20. The molecule has 0 saturated heterocycles. The van der Waals surface area contributed by atoms with Gasteiger partial charge in [0.2, 0.25) is 0 Å². The average molecular weight is 236 g/mol. The molecule has 94 valence electrons. The second-order valence-corrected chi connectivity index (χ2v) is 4.47. The molecule has 1 aliphatic heterocycles. The Labute approximate surface area is 103 Å². The van der Waals surface area contributed by atoms with Crippen molar-refractivity contribution in [1.29, 1.82) is 0 Å². The van der Waals surface area contributed by atoms with E-state index in [0.29, 0.717) is 0 Å². The van der Waals surface area contributed by atoms with Crippen molar-refractivity contribution in [2.45, 2.75) is 0 Å². The molecule has 0 aromatic heterocycles. The lowest BCUT2D eigenvalue weighted by Gasteiger charge is -2.32. The Morgan fingerprint density at radius 1 is 1.41 bits per heavy atom. The molecule has 2 rings (SSSR count). The Morgan fingerprint density at radius 3 is 2.94 bits per heavy atom. The smallest absolute Gasteiger partial charge is 0.142 e. The third-order valence-corrected chi connectivity index (χ3v) is 2.94. The molecule has 0 fully saturated rings. The van der Waals surface area contributed by atoms with Crippen LogP contribution in [0.25, 0.3) is 0 Å². The molecule has 4 heteroatoms. The maximum Gasteiger partial charge on any atom is 0.142 e. The second kappa shape index (κ2) is 5.27. The van der Waals surface area contributed by atoms with E-state index in [4.69, 9.17) is 9.47 Å². The predicted octanol–water partition coefficient (Wildman–Crippen LogP) is 1.46.